The standard InChI is InChI=1S/C21H14ClN5O5S/c22-16-10-15(27(30)31)5-6-17(16)25-20(29)14(11-23)9-13-3-1-2-4-18(13)32-12-19(28)26-21-24-7-8-33-21/h1-10H,12H2,(H,25,29)(H,24,26,28)/b14-9+. The molecule has 0 aliphatic heterocycles. The van der Waals surface area contributed by atoms with Crippen molar-refractivity contribution in [3.05, 3.63) is 80.3 Å². The van der Waals surface area contributed by atoms with Gasteiger partial charge in [0.05, 0.1) is 15.6 Å². The van der Waals surface area contributed by atoms with E-state index >= 15 is 0 Å². The number of non-ortho nitro benzene ring substituents is 1. The van der Waals surface area contributed by atoms with Gasteiger partial charge in [-0.25, -0.2) is 4.98 Å². The average Bonchev–Trinajstić information content (AvgIpc) is 3.30. The molecule has 0 saturated carbocycles. The van der Waals surface area contributed by atoms with Crippen molar-refractivity contribution in [2.75, 3.05) is 17.2 Å². The van der Waals surface area contributed by atoms with Gasteiger partial charge >= 0.3 is 0 Å². The van der Waals surface area contributed by atoms with Gasteiger partial charge in [-0.2, -0.15) is 5.26 Å². The van der Waals surface area contributed by atoms with Gasteiger partial charge in [-0.05, 0) is 18.2 Å². The monoisotopic (exact) mass is 483 g/mol. The normalized spacial score (nSPS) is 10.7. The Kier molecular flexibility index (Phi) is 7.69. The van der Waals surface area contributed by atoms with E-state index in [1.54, 1.807) is 41.9 Å². The molecule has 0 atom stereocenters. The Morgan fingerprint density at radius 1 is 1.27 bits per heavy atom. The summed E-state index contributed by atoms with van der Waals surface area (Å²) in [5.74, 6) is -0.917. The molecule has 0 aliphatic rings. The maximum Gasteiger partial charge on any atom is 0.271 e. The third-order valence-electron chi connectivity index (χ3n) is 4.03. The zero-order valence-electron chi connectivity index (χ0n) is 16.6. The number of nitro benzene ring substituents is 1. The molecule has 2 amide bonds. The van der Waals surface area contributed by atoms with Gasteiger partial charge in [-0.15, -0.1) is 11.3 Å². The van der Waals surface area contributed by atoms with E-state index in [9.17, 15) is 25.0 Å². The molecule has 10 nitrogen and oxygen atoms in total. The molecular weight excluding hydrogens is 470 g/mol. The second kappa shape index (κ2) is 10.9. The number of anilines is 2. The lowest BCUT2D eigenvalue weighted by Gasteiger charge is -2.10. The molecule has 33 heavy (non-hydrogen) atoms. The number of benzene rings is 2. The molecule has 0 fully saturated rings. The van der Waals surface area contributed by atoms with Crippen LogP contribution in [0.5, 0.6) is 5.75 Å². The number of aromatic nitrogens is 1. The highest BCUT2D eigenvalue weighted by molar-refractivity contribution is 7.13. The van der Waals surface area contributed by atoms with Crippen molar-refractivity contribution in [2.24, 2.45) is 0 Å². The third-order valence-corrected chi connectivity index (χ3v) is 5.03. The number of nitriles is 1. The van der Waals surface area contributed by atoms with Crippen LogP contribution in [0.2, 0.25) is 5.02 Å². The Hall–Kier alpha value is -4.27. The summed E-state index contributed by atoms with van der Waals surface area (Å²) in [6.07, 6.45) is 2.85. The SMILES string of the molecule is N#C/C(=C\c1ccccc1OCC(=O)Nc1nccs1)C(=O)Nc1ccc([N+](=O)[O-])cc1Cl. The summed E-state index contributed by atoms with van der Waals surface area (Å²) in [5.41, 5.74) is -0.00965. The predicted octanol–water partition coefficient (Wildman–Crippen LogP) is 4.27. The Labute approximate surface area is 196 Å². The molecule has 0 bridgehead atoms. The smallest absolute Gasteiger partial charge is 0.271 e. The number of nitrogens with zero attached hydrogens (tertiary/aromatic N) is 3. The van der Waals surface area contributed by atoms with Gasteiger partial charge in [0.15, 0.2) is 11.7 Å². The average molecular weight is 484 g/mol. The molecule has 0 unspecified atom stereocenters. The van der Waals surface area contributed by atoms with E-state index in [1.807, 2.05) is 0 Å². The number of halogens is 1. The van der Waals surface area contributed by atoms with Crippen LogP contribution in [0.1, 0.15) is 5.56 Å². The highest BCUT2D eigenvalue weighted by Gasteiger charge is 2.15. The number of carbonyl (C=O) groups excluding carboxylic acids is 2. The fourth-order valence-corrected chi connectivity index (χ4v) is 3.29. The lowest BCUT2D eigenvalue weighted by atomic mass is 10.1. The first-order chi connectivity index (χ1) is 15.9. The van der Waals surface area contributed by atoms with Gasteiger partial charge in [0.25, 0.3) is 17.5 Å². The molecule has 0 aliphatic carbocycles. The van der Waals surface area contributed by atoms with Crippen LogP contribution in [0.15, 0.2) is 59.6 Å². The predicted molar refractivity (Wildman–Crippen MR) is 123 cm³/mol. The number of rotatable bonds is 8. The number of ether oxygens (including phenoxy) is 1. The summed E-state index contributed by atoms with van der Waals surface area (Å²) in [5, 5.41) is 27.4. The first-order valence-electron chi connectivity index (χ1n) is 9.15. The quantitative estimate of drug-likeness (QED) is 0.210. The van der Waals surface area contributed by atoms with Crippen molar-refractivity contribution < 1.29 is 19.2 Å². The fourth-order valence-electron chi connectivity index (χ4n) is 2.53. The third kappa shape index (κ3) is 6.36. The van der Waals surface area contributed by atoms with Crippen molar-refractivity contribution in [1.82, 2.24) is 4.98 Å². The lowest BCUT2D eigenvalue weighted by Crippen LogP contribution is -2.20. The van der Waals surface area contributed by atoms with Crippen molar-refractivity contribution in [2.45, 2.75) is 0 Å². The fraction of sp³-hybridized carbons (Fsp3) is 0.0476. The Morgan fingerprint density at radius 3 is 2.73 bits per heavy atom. The Bertz CT molecular complexity index is 1270. The molecule has 2 N–H and O–H groups in total. The molecule has 2 aromatic carbocycles. The number of nitro groups is 1. The van der Waals surface area contributed by atoms with E-state index in [4.69, 9.17) is 16.3 Å². The Morgan fingerprint density at radius 2 is 2.06 bits per heavy atom. The second-order valence-electron chi connectivity index (χ2n) is 6.26. The highest BCUT2D eigenvalue weighted by Crippen LogP contribution is 2.27. The van der Waals surface area contributed by atoms with E-state index in [2.05, 4.69) is 15.6 Å². The van der Waals surface area contributed by atoms with E-state index in [0.717, 1.165) is 6.07 Å². The summed E-state index contributed by atoms with van der Waals surface area (Å²) in [4.78, 5) is 38.7. The minimum absolute atomic E-state index is 0.0511. The number of thiazole rings is 1. The maximum atomic E-state index is 12.6. The molecule has 1 aromatic heterocycles. The first-order valence-corrected chi connectivity index (χ1v) is 10.4. The molecule has 0 radical (unpaired) electrons. The minimum Gasteiger partial charge on any atom is -0.483 e. The molecule has 1 heterocycles. The summed E-state index contributed by atoms with van der Waals surface area (Å²) < 4.78 is 5.54. The van der Waals surface area contributed by atoms with Crippen molar-refractivity contribution in [3.63, 3.8) is 0 Å². The molecular formula is C21H14ClN5O5S. The van der Waals surface area contributed by atoms with E-state index < -0.39 is 16.7 Å². The van der Waals surface area contributed by atoms with Crippen LogP contribution in [-0.2, 0) is 9.59 Å². The number of amides is 2. The second-order valence-corrected chi connectivity index (χ2v) is 7.56. The van der Waals surface area contributed by atoms with Crippen molar-refractivity contribution >= 4 is 57.3 Å². The van der Waals surface area contributed by atoms with Gasteiger partial charge in [-0.1, -0.05) is 29.8 Å². The number of nitrogens with one attached hydrogen (secondary N) is 2. The van der Waals surface area contributed by atoms with Crippen LogP contribution >= 0.6 is 22.9 Å². The zero-order valence-corrected chi connectivity index (χ0v) is 18.2. The highest BCUT2D eigenvalue weighted by atomic mass is 35.5. The van der Waals surface area contributed by atoms with E-state index in [0.29, 0.717) is 10.7 Å². The summed E-state index contributed by atoms with van der Waals surface area (Å²) in [6, 6.07) is 11.9. The largest absolute Gasteiger partial charge is 0.483 e. The van der Waals surface area contributed by atoms with Crippen molar-refractivity contribution in [3.8, 4) is 11.8 Å². The van der Waals surface area contributed by atoms with Crippen LogP contribution in [0.3, 0.4) is 0 Å². The van der Waals surface area contributed by atoms with Gasteiger partial charge < -0.3 is 10.1 Å². The summed E-state index contributed by atoms with van der Waals surface area (Å²) in [7, 11) is 0. The molecule has 12 heteroatoms. The van der Waals surface area contributed by atoms with Crippen LogP contribution in [0.25, 0.3) is 6.08 Å². The number of para-hydroxylation sites is 1. The molecule has 3 aromatic rings. The first kappa shape index (κ1) is 23.4. The molecule has 166 valence electrons. The van der Waals surface area contributed by atoms with E-state index in [-0.39, 0.29) is 34.3 Å². The van der Waals surface area contributed by atoms with Crippen molar-refractivity contribution in [1.29, 1.82) is 5.26 Å². The van der Waals surface area contributed by atoms with Gasteiger partial charge in [0.2, 0.25) is 0 Å². The zero-order chi connectivity index (χ0) is 23.8. The number of hydrogen-bond acceptors (Lipinski definition) is 8. The summed E-state index contributed by atoms with van der Waals surface area (Å²) >= 11 is 7.25. The van der Waals surface area contributed by atoms with Gasteiger partial charge in [0, 0.05) is 29.3 Å². The minimum atomic E-state index is -0.774. The van der Waals surface area contributed by atoms with Crippen LogP contribution in [-0.4, -0.2) is 28.3 Å². The van der Waals surface area contributed by atoms with Crippen LogP contribution < -0.4 is 15.4 Å². The van der Waals surface area contributed by atoms with Gasteiger partial charge in [0.1, 0.15) is 17.4 Å². The van der Waals surface area contributed by atoms with Gasteiger partial charge in [-0.3, -0.25) is 25.0 Å². The topological polar surface area (TPSA) is 147 Å². The summed E-state index contributed by atoms with van der Waals surface area (Å²) in [6.45, 7) is -0.309. The number of carbonyl (C=O) groups is 2. The maximum absolute atomic E-state index is 12.6. The molecule has 0 saturated heterocycles. The van der Waals surface area contributed by atoms with Crippen LogP contribution in [0, 0.1) is 21.4 Å². The lowest BCUT2D eigenvalue weighted by molar-refractivity contribution is -0.384. The molecule has 3 rings (SSSR count). The Balaban J connectivity index is 1.73. The van der Waals surface area contributed by atoms with E-state index in [1.165, 1.54) is 29.5 Å². The molecule has 0 spiro atoms. The number of hydrogen-bond donors (Lipinski definition) is 2. The van der Waals surface area contributed by atoms with Crippen LogP contribution in [0.4, 0.5) is 16.5 Å².